The van der Waals surface area contributed by atoms with Crippen molar-refractivity contribution in [3.05, 3.63) is 45.2 Å². The maximum absolute atomic E-state index is 5.66. The summed E-state index contributed by atoms with van der Waals surface area (Å²) >= 11 is 1.66. The van der Waals surface area contributed by atoms with Gasteiger partial charge in [0, 0.05) is 23.2 Å². The van der Waals surface area contributed by atoms with Gasteiger partial charge in [0.15, 0.2) is 0 Å². The predicted octanol–water partition coefficient (Wildman–Crippen LogP) is 2.21. The Morgan fingerprint density at radius 3 is 2.61 bits per heavy atom. The summed E-state index contributed by atoms with van der Waals surface area (Å²) in [5, 5.41) is 3.16. The van der Waals surface area contributed by atoms with Gasteiger partial charge in [-0.2, -0.15) is 0 Å². The van der Waals surface area contributed by atoms with Gasteiger partial charge < -0.3 is 0 Å². The summed E-state index contributed by atoms with van der Waals surface area (Å²) in [6.45, 7) is 6.02. The lowest BCUT2D eigenvalue weighted by molar-refractivity contribution is 0.542. The van der Waals surface area contributed by atoms with Crippen molar-refractivity contribution in [2.75, 3.05) is 0 Å². The van der Waals surface area contributed by atoms with Gasteiger partial charge in [0.1, 0.15) is 0 Å². The van der Waals surface area contributed by atoms with E-state index in [1.54, 1.807) is 11.3 Å². The zero-order valence-electron chi connectivity index (χ0n) is 10.9. The normalized spacial score (nSPS) is 12.7. The highest BCUT2D eigenvalue weighted by molar-refractivity contribution is 7.09. The molecule has 0 bridgehead atoms. The number of aryl methyl sites for hydroxylation is 3. The Bertz CT molecular complexity index is 536. The molecule has 1 atom stereocenters. The SMILES string of the molecule is Cc1ccc(C(Cc2csc(C)n2)NN)c(C)n1. The molecule has 5 heteroatoms. The minimum Gasteiger partial charge on any atom is -0.271 e. The van der Waals surface area contributed by atoms with Crippen LogP contribution < -0.4 is 11.3 Å². The van der Waals surface area contributed by atoms with Crippen LogP contribution in [0.25, 0.3) is 0 Å². The van der Waals surface area contributed by atoms with Gasteiger partial charge in [0.05, 0.1) is 16.7 Å². The monoisotopic (exact) mass is 262 g/mol. The van der Waals surface area contributed by atoms with Crippen LogP contribution in [0.15, 0.2) is 17.5 Å². The van der Waals surface area contributed by atoms with E-state index in [2.05, 4.69) is 26.8 Å². The van der Waals surface area contributed by atoms with Gasteiger partial charge in [0.25, 0.3) is 0 Å². The van der Waals surface area contributed by atoms with E-state index in [0.717, 1.165) is 34.1 Å². The zero-order chi connectivity index (χ0) is 13.1. The average molecular weight is 262 g/mol. The van der Waals surface area contributed by atoms with Crippen molar-refractivity contribution >= 4 is 11.3 Å². The molecule has 2 aromatic rings. The number of hydrazine groups is 1. The Morgan fingerprint density at radius 1 is 1.28 bits per heavy atom. The molecule has 0 saturated heterocycles. The molecule has 3 N–H and O–H groups in total. The highest BCUT2D eigenvalue weighted by Crippen LogP contribution is 2.21. The fourth-order valence-corrected chi connectivity index (χ4v) is 2.66. The molecule has 2 heterocycles. The van der Waals surface area contributed by atoms with Crippen molar-refractivity contribution < 1.29 is 0 Å². The third kappa shape index (κ3) is 2.93. The fourth-order valence-electron chi connectivity index (χ4n) is 2.04. The van der Waals surface area contributed by atoms with E-state index in [9.17, 15) is 0 Å². The Balaban J connectivity index is 2.22. The lowest BCUT2D eigenvalue weighted by Gasteiger charge is -2.17. The van der Waals surface area contributed by atoms with E-state index < -0.39 is 0 Å². The summed E-state index contributed by atoms with van der Waals surface area (Å²) in [5.74, 6) is 5.66. The maximum Gasteiger partial charge on any atom is 0.0897 e. The molecule has 2 aromatic heterocycles. The topological polar surface area (TPSA) is 63.8 Å². The Kier molecular flexibility index (Phi) is 4.06. The van der Waals surface area contributed by atoms with Crippen LogP contribution >= 0.6 is 11.3 Å². The molecule has 4 nitrogen and oxygen atoms in total. The fraction of sp³-hybridized carbons (Fsp3) is 0.385. The van der Waals surface area contributed by atoms with Crippen molar-refractivity contribution in [2.24, 2.45) is 5.84 Å². The van der Waals surface area contributed by atoms with Gasteiger partial charge in [-0.15, -0.1) is 11.3 Å². The quantitative estimate of drug-likeness (QED) is 0.655. The Labute approximate surface area is 111 Å². The first-order chi connectivity index (χ1) is 8.60. The second-order valence-electron chi connectivity index (χ2n) is 4.41. The summed E-state index contributed by atoms with van der Waals surface area (Å²) < 4.78 is 0. The van der Waals surface area contributed by atoms with Crippen LogP contribution in [0.3, 0.4) is 0 Å². The van der Waals surface area contributed by atoms with Crippen LogP contribution in [-0.4, -0.2) is 9.97 Å². The second-order valence-corrected chi connectivity index (χ2v) is 5.47. The first-order valence-corrected chi connectivity index (χ1v) is 6.79. The first kappa shape index (κ1) is 13.1. The molecule has 0 aliphatic carbocycles. The number of hydrogen-bond acceptors (Lipinski definition) is 5. The molecule has 2 rings (SSSR count). The number of nitrogens with one attached hydrogen (secondary N) is 1. The smallest absolute Gasteiger partial charge is 0.0897 e. The van der Waals surface area contributed by atoms with E-state index in [0.29, 0.717) is 0 Å². The van der Waals surface area contributed by atoms with Gasteiger partial charge in [-0.3, -0.25) is 16.3 Å². The van der Waals surface area contributed by atoms with E-state index >= 15 is 0 Å². The van der Waals surface area contributed by atoms with Crippen LogP contribution in [0.4, 0.5) is 0 Å². The second kappa shape index (κ2) is 5.56. The number of hydrogen-bond donors (Lipinski definition) is 2. The minimum atomic E-state index is 0.0552. The molecule has 0 saturated carbocycles. The Hall–Kier alpha value is -1.30. The van der Waals surface area contributed by atoms with E-state index in [4.69, 9.17) is 5.84 Å². The van der Waals surface area contributed by atoms with Gasteiger partial charge in [-0.1, -0.05) is 6.07 Å². The summed E-state index contributed by atoms with van der Waals surface area (Å²) in [6, 6.07) is 4.15. The van der Waals surface area contributed by atoms with Crippen LogP contribution in [0.1, 0.15) is 33.7 Å². The molecule has 0 aliphatic rings. The van der Waals surface area contributed by atoms with E-state index in [1.165, 1.54) is 0 Å². The van der Waals surface area contributed by atoms with Gasteiger partial charge in [0.2, 0.25) is 0 Å². The molecule has 0 aromatic carbocycles. The standard InChI is InChI=1S/C13H18N4S/c1-8-4-5-12(9(2)15-8)13(17-14)6-11-7-18-10(3)16-11/h4-5,7,13,17H,6,14H2,1-3H3. The third-order valence-corrected chi connectivity index (χ3v) is 3.74. The van der Waals surface area contributed by atoms with Crippen LogP contribution in [0.2, 0.25) is 0 Å². The van der Waals surface area contributed by atoms with Gasteiger partial charge >= 0.3 is 0 Å². The molecule has 1 unspecified atom stereocenters. The molecular weight excluding hydrogens is 244 g/mol. The largest absolute Gasteiger partial charge is 0.271 e. The van der Waals surface area contributed by atoms with Crippen LogP contribution in [0, 0.1) is 20.8 Å². The number of pyridine rings is 1. The molecule has 0 aliphatic heterocycles. The predicted molar refractivity (Wildman–Crippen MR) is 74.3 cm³/mol. The first-order valence-electron chi connectivity index (χ1n) is 5.91. The summed E-state index contributed by atoms with van der Waals surface area (Å²) in [6.07, 6.45) is 0.784. The average Bonchev–Trinajstić information content (AvgIpc) is 2.72. The zero-order valence-corrected chi connectivity index (χ0v) is 11.7. The molecule has 96 valence electrons. The third-order valence-electron chi connectivity index (χ3n) is 2.92. The highest BCUT2D eigenvalue weighted by atomic mass is 32.1. The van der Waals surface area contributed by atoms with Gasteiger partial charge in [-0.05, 0) is 32.4 Å². The summed E-state index contributed by atoms with van der Waals surface area (Å²) in [7, 11) is 0. The van der Waals surface area contributed by atoms with Crippen molar-refractivity contribution in [1.29, 1.82) is 0 Å². The van der Waals surface area contributed by atoms with Gasteiger partial charge in [-0.25, -0.2) is 4.98 Å². The maximum atomic E-state index is 5.66. The van der Waals surface area contributed by atoms with Crippen molar-refractivity contribution in [1.82, 2.24) is 15.4 Å². The highest BCUT2D eigenvalue weighted by Gasteiger charge is 2.15. The lowest BCUT2D eigenvalue weighted by atomic mass is 10.0. The molecule has 0 radical (unpaired) electrons. The van der Waals surface area contributed by atoms with E-state index in [1.807, 2.05) is 26.8 Å². The molecule has 0 amide bonds. The Morgan fingerprint density at radius 2 is 2.06 bits per heavy atom. The molecule has 0 spiro atoms. The van der Waals surface area contributed by atoms with Crippen molar-refractivity contribution in [2.45, 2.75) is 33.2 Å². The number of rotatable bonds is 4. The van der Waals surface area contributed by atoms with Crippen LogP contribution in [0.5, 0.6) is 0 Å². The molecular formula is C13H18N4S. The molecule has 18 heavy (non-hydrogen) atoms. The van der Waals surface area contributed by atoms with Crippen molar-refractivity contribution in [3.8, 4) is 0 Å². The number of nitrogens with zero attached hydrogens (tertiary/aromatic N) is 2. The number of aromatic nitrogens is 2. The van der Waals surface area contributed by atoms with E-state index in [-0.39, 0.29) is 6.04 Å². The summed E-state index contributed by atoms with van der Waals surface area (Å²) in [5.41, 5.74) is 7.11. The summed E-state index contributed by atoms with van der Waals surface area (Å²) in [4.78, 5) is 8.95. The number of nitrogens with two attached hydrogens (primary N) is 1. The van der Waals surface area contributed by atoms with Crippen molar-refractivity contribution in [3.63, 3.8) is 0 Å². The molecule has 0 fully saturated rings. The lowest BCUT2D eigenvalue weighted by Crippen LogP contribution is -2.30. The number of thiazole rings is 1. The van der Waals surface area contributed by atoms with Crippen LogP contribution in [-0.2, 0) is 6.42 Å². The minimum absolute atomic E-state index is 0.0552.